The predicted octanol–water partition coefficient (Wildman–Crippen LogP) is 2.42. The number of urea groups is 1. The predicted molar refractivity (Wildman–Crippen MR) is 156 cm³/mol. The van der Waals surface area contributed by atoms with E-state index in [0.717, 1.165) is 38.0 Å². The molecule has 3 N–H and O–H groups in total. The van der Waals surface area contributed by atoms with Gasteiger partial charge >= 0.3 is 6.03 Å². The van der Waals surface area contributed by atoms with Gasteiger partial charge in [0.25, 0.3) is 0 Å². The normalized spacial score (nSPS) is 15.0. The number of ether oxygens (including phenoxy) is 3. The van der Waals surface area contributed by atoms with Crippen LogP contribution in [0, 0.1) is 5.41 Å². The summed E-state index contributed by atoms with van der Waals surface area (Å²) in [5.41, 5.74) is -0.0866. The minimum Gasteiger partial charge on any atom is -0.377 e. The van der Waals surface area contributed by atoms with Gasteiger partial charge in [0.1, 0.15) is 5.78 Å². The van der Waals surface area contributed by atoms with Crippen molar-refractivity contribution < 1.29 is 28.6 Å². The third kappa shape index (κ3) is 15.9. The molecule has 14 heteroatoms. The van der Waals surface area contributed by atoms with Gasteiger partial charge in [0.05, 0.1) is 58.3 Å². The highest BCUT2D eigenvalue weighted by Gasteiger charge is 2.43. The number of nitrogens with zero attached hydrogens (tertiary/aromatic N) is 5. The largest absolute Gasteiger partial charge is 0.377 e. The van der Waals surface area contributed by atoms with Crippen LogP contribution in [0.2, 0.25) is 0 Å². The molecule has 0 spiro atoms. The maximum atomic E-state index is 12.3. The maximum Gasteiger partial charge on any atom is 0.314 e. The van der Waals surface area contributed by atoms with E-state index in [0.29, 0.717) is 78.4 Å². The van der Waals surface area contributed by atoms with Crippen LogP contribution >= 0.6 is 0 Å². The number of nitrogens with one attached hydrogen (secondary N) is 3. The molecule has 1 aromatic rings. The lowest BCUT2D eigenvalue weighted by Crippen LogP contribution is -2.27. The Labute approximate surface area is 249 Å². The van der Waals surface area contributed by atoms with Crippen molar-refractivity contribution in [1.29, 1.82) is 0 Å². The Morgan fingerprint density at radius 1 is 1.00 bits per heavy atom. The van der Waals surface area contributed by atoms with Crippen LogP contribution in [-0.2, 0) is 36.8 Å². The third-order valence-electron chi connectivity index (χ3n) is 6.51. The molecular formula is C28H50N8O6. The zero-order chi connectivity index (χ0) is 30.7. The van der Waals surface area contributed by atoms with Gasteiger partial charge in [-0.15, -0.1) is 5.10 Å². The lowest BCUT2D eigenvalue weighted by molar-refractivity contribution is -0.127. The van der Waals surface area contributed by atoms with E-state index in [2.05, 4.69) is 43.4 Å². The first-order chi connectivity index (χ1) is 20.1. The van der Waals surface area contributed by atoms with Crippen molar-refractivity contribution in [2.45, 2.75) is 84.8 Å². The van der Waals surface area contributed by atoms with Crippen molar-refractivity contribution in [3.8, 4) is 0 Å². The number of aryl methyl sites for hydroxylation is 1. The van der Waals surface area contributed by atoms with Gasteiger partial charge in [0.15, 0.2) is 5.66 Å². The number of aromatic nitrogens is 3. The molecule has 2 aliphatic rings. The molecule has 0 aromatic carbocycles. The second-order valence-corrected chi connectivity index (χ2v) is 11.3. The molecule has 0 saturated carbocycles. The maximum absolute atomic E-state index is 12.3. The van der Waals surface area contributed by atoms with Crippen molar-refractivity contribution in [3.05, 3.63) is 11.9 Å². The summed E-state index contributed by atoms with van der Waals surface area (Å²) < 4.78 is 18.3. The number of hydrogen-bond donors (Lipinski definition) is 3. The van der Waals surface area contributed by atoms with Crippen LogP contribution in [0.3, 0.4) is 0 Å². The molecular weight excluding hydrogens is 544 g/mol. The van der Waals surface area contributed by atoms with E-state index in [-0.39, 0.29) is 23.1 Å². The van der Waals surface area contributed by atoms with E-state index in [1.54, 1.807) is 4.68 Å². The molecule has 1 fully saturated rings. The lowest BCUT2D eigenvalue weighted by atomic mass is 9.85. The van der Waals surface area contributed by atoms with Crippen LogP contribution in [0.1, 0.15) is 71.9 Å². The molecule has 0 aliphatic carbocycles. The molecule has 238 valence electrons. The van der Waals surface area contributed by atoms with Gasteiger partial charge in [-0.1, -0.05) is 45.7 Å². The summed E-state index contributed by atoms with van der Waals surface area (Å²) in [6, 6.07) is -0.0463. The minimum atomic E-state index is -0.563. The second kappa shape index (κ2) is 19.3. The average molecular weight is 595 g/mol. The third-order valence-corrected chi connectivity index (χ3v) is 6.51. The van der Waals surface area contributed by atoms with Crippen molar-refractivity contribution in [2.75, 3.05) is 59.3 Å². The van der Waals surface area contributed by atoms with Crippen molar-refractivity contribution in [3.63, 3.8) is 0 Å². The van der Waals surface area contributed by atoms with E-state index in [9.17, 15) is 14.4 Å². The Balaban J connectivity index is 0.000000908. The van der Waals surface area contributed by atoms with Gasteiger partial charge in [-0.25, -0.2) is 9.48 Å². The van der Waals surface area contributed by atoms with Crippen molar-refractivity contribution in [1.82, 2.24) is 30.9 Å². The number of carbonyl (C=O) groups is 3. The summed E-state index contributed by atoms with van der Waals surface area (Å²) in [7, 11) is 0. The summed E-state index contributed by atoms with van der Waals surface area (Å²) in [6.07, 6.45) is 7.31. The number of carbonyl (C=O) groups excluding carboxylic acids is 3. The highest BCUT2D eigenvalue weighted by molar-refractivity contribution is 5.84. The summed E-state index contributed by atoms with van der Waals surface area (Å²) >= 11 is 0. The van der Waals surface area contributed by atoms with Gasteiger partial charge in [0.2, 0.25) is 5.91 Å². The molecule has 14 nitrogen and oxygen atoms in total. The number of rotatable bonds is 21. The highest BCUT2D eigenvalue weighted by atomic mass is 16.5. The summed E-state index contributed by atoms with van der Waals surface area (Å²) in [4.78, 5) is 33.9. The molecule has 3 heterocycles. The quantitative estimate of drug-likeness (QED) is 0.182. The fourth-order valence-corrected chi connectivity index (χ4v) is 3.74. The molecule has 0 atom stereocenters. The fraction of sp³-hybridized carbons (Fsp3) is 0.821. The Morgan fingerprint density at radius 2 is 1.64 bits per heavy atom. The summed E-state index contributed by atoms with van der Waals surface area (Å²) in [5.74, 6) is 0.258. The summed E-state index contributed by atoms with van der Waals surface area (Å²) in [6.45, 7) is 13.5. The fourth-order valence-electron chi connectivity index (χ4n) is 3.74. The Hall–Kier alpha value is -2.97. The zero-order valence-electron chi connectivity index (χ0n) is 25.8. The highest BCUT2D eigenvalue weighted by Crippen LogP contribution is 2.39. The molecule has 0 bridgehead atoms. The number of amides is 3. The Bertz CT molecular complexity index is 964. The zero-order valence-corrected chi connectivity index (χ0v) is 25.8. The molecule has 1 aromatic heterocycles. The van der Waals surface area contributed by atoms with Crippen molar-refractivity contribution >= 4 is 17.7 Å². The first-order valence-electron chi connectivity index (χ1n) is 15.0. The van der Waals surface area contributed by atoms with Gasteiger partial charge in [-0.2, -0.15) is 10.2 Å². The standard InChI is InChI=1S/C25H44N6O5.C3H6N2O/c1-5-6-7-8-23(33)26-11-13-34-15-17-36-18-16-35-14-12-31-20-21(27-30-31)9-10-25(28-29-25)19-22(32)24(2,3)4;6-3-4-1-2-5-3/h20H,5-19H2,1-4H3,(H,26,33);1-2H2,(H2,4,5,6). The van der Waals surface area contributed by atoms with E-state index in [1.807, 2.05) is 27.0 Å². The SMILES string of the molecule is CCCCCC(=O)NCCOCCOCCOCCn1cc(CCC2(CC(=O)C(C)(C)C)N=N2)nn1.O=C1NCCN1. The van der Waals surface area contributed by atoms with Gasteiger partial charge in [0, 0.05) is 44.1 Å². The molecule has 1 saturated heterocycles. The van der Waals surface area contributed by atoms with Crippen LogP contribution in [0.5, 0.6) is 0 Å². The van der Waals surface area contributed by atoms with Crippen LogP contribution in [0.15, 0.2) is 16.4 Å². The number of unbranched alkanes of at least 4 members (excludes halogenated alkanes) is 2. The molecule has 0 unspecified atom stereocenters. The van der Waals surface area contributed by atoms with Crippen LogP contribution in [-0.4, -0.2) is 97.7 Å². The number of hydrogen-bond acceptors (Lipinski definition) is 10. The molecule has 0 radical (unpaired) electrons. The van der Waals surface area contributed by atoms with E-state index < -0.39 is 5.66 Å². The van der Waals surface area contributed by atoms with Gasteiger partial charge in [-0.05, 0) is 12.8 Å². The number of Topliss-reactive ketones (excluding diaryl/α,β-unsaturated/α-hetero) is 1. The van der Waals surface area contributed by atoms with E-state index in [4.69, 9.17) is 14.2 Å². The molecule has 3 amide bonds. The first-order valence-corrected chi connectivity index (χ1v) is 15.0. The topological polar surface area (TPSA) is 170 Å². The minimum absolute atomic E-state index is 0.0463. The summed E-state index contributed by atoms with van der Waals surface area (Å²) in [5, 5.41) is 24.6. The van der Waals surface area contributed by atoms with Crippen LogP contribution < -0.4 is 16.0 Å². The van der Waals surface area contributed by atoms with E-state index in [1.165, 1.54) is 0 Å². The molecule has 3 rings (SSSR count). The molecule has 42 heavy (non-hydrogen) atoms. The Kier molecular flexibility index (Phi) is 16.2. The molecule has 2 aliphatic heterocycles. The monoisotopic (exact) mass is 594 g/mol. The smallest absolute Gasteiger partial charge is 0.314 e. The van der Waals surface area contributed by atoms with Gasteiger partial charge in [-0.3, -0.25) is 9.59 Å². The lowest BCUT2D eigenvalue weighted by Gasteiger charge is -2.18. The van der Waals surface area contributed by atoms with Crippen molar-refractivity contribution in [2.24, 2.45) is 15.6 Å². The number of ketones is 1. The van der Waals surface area contributed by atoms with Crippen LogP contribution in [0.4, 0.5) is 4.79 Å². The second-order valence-electron chi connectivity index (χ2n) is 11.3. The first kappa shape index (κ1) is 35.2. The Morgan fingerprint density at radius 3 is 2.21 bits per heavy atom. The average Bonchev–Trinajstić information content (AvgIpc) is 3.29. The van der Waals surface area contributed by atoms with Crippen LogP contribution in [0.25, 0.3) is 0 Å². The van der Waals surface area contributed by atoms with E-state index >= 15 is 0 Å². The van der Waals surface area contributed by atoms with Gasteiger partial charge < -0.3 is 30.2 Å².